The summed E-state index contributed by atoms with van der Waals surface area (Å²) in [7, 11) is 1.18. The Morgan fingerprint density at radius 1 is 1.69 bits per heavy atom. The molecule has 0 aromatic carbocycles. The molecule has 0 aliphatic carbocycles. The molecule has 0 radical (unpaired) electrons. The van der Waals surface area contributed by atoms with E-state index in [-0.39, 0.29) is 12.1 Å². The number of halogens is 3. The van der Waals surface area contributed by atoms with Crippen LogP contribution < -0.4 is 5.73 Å². The third-order valence-electron chi connectivity index (χ3n) is 1.93. The van der Waals surface area contributed by atoms with Gasteiger partial charge in [0, 0.05) is 12.1 Å². The van der Waals surface area contributed by atoms with Gasteiger partial charge in [-0.3, -0.25) is 0 Å². The average Bonchev–Trinajstić information content (AvgIpc) is 2.26. The molecule has 0 aliphatic heterocycles. The molecule has 16 heavy (non-hydrogen) atoms. The number of rotatable bonds is 3. The first-order valence-corrected chi connectivity index (χ1v) is 5.35. The van der Waals surface area contributed by atoms with Gasteiger partial charge in [-0.2, -0.15) is 0 Å². The summed E-state index contributed by atoms with van der Waals surface area (Å²) in [6.45, 7) is 0.0409. The SMILES string of the molecule is COC(=O)c1cc(C(F)F)nc(I)c1CN. The molecule has 0 saturated carbocycles. The number of methoxy groups -OCH3 is 1. The maximum Gasteiger partial charge on any atom is 0.338 e. The Bertz CT molecular complexity index is 413. The van der Waals surface area contributed by atoms with Crippen LogP contribution in [0.3, 0.4) is 0 Å². The summed E-state index contributed by atoms with van der Waals surface area (Å²) in [6, 6.07) is 1.01. The predicted octanol–water partition coefficient (Wildman–Crippen LogP) is 1.87. The van der Waals surface area contributed by atoms with E-state index in [1.807, 2.05) is 0 Å². The lowest BCUT2D eigenvalue weighted by Crippen LogP contribution is -2.13. The standard InChI is InChI=1S/C9H9F2IN2O2/c1-16-9(15)4-2-6(7(10)11)14-8(12)5(4)3-13/h2,7H,3,13H2,1H3. The van der Waals surface area contributed by atoms with Gasteiger partial charge in [0.2, 0.25) is 0 Å². The highest BCUT2D eigenvalue weighted by atomic mass is 127. The number of nitrogens with zero attached hydrogens (tertiary/aromatic N) is 1. The van der Waals surface area contributed by atoms with Gasteiger partial charge in [0.25, 0.3) is 6.43 Å². The number of hydrogen-bond donors (Lipinski definition) is 1. The second-order valence-electron chi connectivity index (χ2n) is 2.86. The average molecular weight is 342 g/mol. The minimum Gasteiger partial charge on any atom is -0.465 e. The summed E-state index contributed by atoms with van der Waals surface area (Å²) in [6.07, 6.45) is -2.73. The number of aromatic nitrogens is 1. The van der Waals surface area contributed by atoms with Crippen LogP contribution in [0.4, 0.5) is 8.78 Å². The summed E-state index contributed by atoms with van der Waals surface area (Å²) < 4.78 is 29.7. The summed E-state index contributed by atoms with van der Waals surface area (Å²) in [4.78, 5) is 15.0. The second kappa shape index (κ2) is 5.48. The molecule has 0 atom stereocenters. The Morgan fingerprint density at radius 2 is 2.31 bits per heavy atom. The minimum atomic E-state index is -2.73. The van der Waals surface area contributed by atoms with E-state index in [1.165, 1.54) is 7.11 Å². The lowest BCUT2D eigenvalue weighted by Gasteiger charge is -2.10. The van der Waals surface area contributed by atoms with Crippen LogP contribution in [-0.4, -0.2) is 18.1 Å². The van der Waals surface area contributed by atoms with Gasteiger partial charge in [0.05, 0.1) is 12.7 Å². The molecule has 0 saturated heterocycles. The number of esters is 1. The van der Waals surface area contributed by atoms with Crippen LogP contribution in [0.1, 0.15) is 28.0 Å². The predicted molar refractivity (Wildman–Crippen MR) is 61.1 cm³/mol. The van der Waals surface area contributed by atoms with Crippen molar-refractivity contribution in [2.75, 3.05) is 7.11 Å². The molecule has 0 fully saturated rings. The maximum absolute atomic E-state index is 12.5. The van der Waals surface area contributed by atoms with Crippen molar-refractivity contribution in [1.29, 1.82) is 0 Å². The van der Waals surface area contributed by atoms with Crippen molar-refractivity contribution in [3.8, 4) is 0 Å². The highest BCUT2D eigenvalue weighted by molar-refractivity contribution is 14.1. The quantitative estimate of drug-likeness (QED) is 0.518. The third-order valence-corrected chi connectivity index (χ3v) is 2.82. The van der Waals surface area contributed by atoms with E-state index in [0.717, 1.165) is 6.07 Å². The van der Waals surface area contributed by atoms with Crippen molar-refractivity contribution in [2.45, 2.75) is 13.0 Å². The van der Waals surface area contributed by atoms with Crippen molar-refractivity contribution in [3.63, 3.8) is 0 Å². The van der Waals surface area contributed by atoms with Gasteiger partial charge < -0.3 is 10.5 Å². The number of carbonyl (C=O) groups is 1. The van der Waals surface area contributed by atoms with Crippen LogP contribution in [0.2, 0.25) is 0 Å². The molecule has 1 aromatic rings. The Kier molecular flexibility index (Phi) is 4.54. The fraction of sp³-hybridized carbons (Fsp3) is 0.333. The third kappa shape index (κ3) is 2.64. The van der Waals surface area contributed by atoms with E-state index >= 15 is 0 Å². The number of hydrogen-bond acceptors (Lipinski definition) is 4. The summed E-state index contributed by atoms with van der Waals surface area (Å²) >= 11 is 1.76. The molecular formula is C9H9F2IN2O2. The highest BCUT2D eigenvalue weighted by Gasteiger charge is 2.20. The van der Waals surface area contributed by atoms with Gasteiger partial charge in [-0.15, -0.1) is 0 Å². The van der Waals surface area contributed by atoms with E-state index in [2.05, 4.69) is 9.72 Å². The molecule has 7 heteroatoms. The molecule has 1 aromatic heterocycles. The van der Waals surface area contributed by atoms with Crippen molar-refractivity contribution in [1.82, 2.24) is 4.98 Å². The van der Waals surface area contributed by atoms with Crippen LogP contribution in [0.5, 0.6) is 0 Å². The molecule has 1 heterocycles. The number of carbonyl (C=O) groups excluding carboxylic acids is 1. The largest absolute Gasteiger partial charge is 0.465 e. The fourth-order valence-corrected chi connectivity index (χ4v) is 1.95. The number of nitrogens with two attached hydrogens (primary N) is 1. The molecule has 4 nitrogen and oxygen atoms in total. The normalized spacial score (nSPS) is 10.6. The molecule has 0 unspecified atom stereocenters. The highest BCUT2D eigenvalue weighted by Crippen LogP contribution is 2.23. The summed E-state index contributed by atoms with van der Waals surface area (Å²) in [5.41, 5.74) is 5.43. The first-order valence-electron chi connectivity index (χ1n) is 4.27. The maximum atomic E-state index is 12.5. The molecule has 0 bridgehead atoms. The van der Waals surface area contributed by atoms with Crippen molar-refractivity contribution >= 4 is 28.6 Å². The van der Waals surface area contributed by atoms with Gasteiger partial charge in [-0.05, 0) is 28.7 Å². The van der Waals surface area contributed by atoms with E-state index in [0.29, 0.717) is 9.26 Å². The van der Waals surface area contributed by atoms with Gasteiger partial charge in [0.15, 0.2) is 0 Å². The van der Waals surface area contributed by atoms with E-state index in [1.54, 1.807) is 22.6 Å². The number of ether oxygens (including phenoxy) is 1. The van der Waals surface area contributed by atoms with Gasteiger partial charge in [-0.1, -0.05) is 0 Å². The van der Waals surface area contributed by atoms with E-state index in [9.17, 15) is 13.6 Å². The van der Waals surface area contributed by atoms with Crippen molar-refractivity contribution in [2.24, 2.45) is 5.73 Å². The van der Waals surface area contributed by atoms with E-state index < -0.39 is 18.1 Å². The lowest BCUT2D eigenvalue weighted by atomic mass is 10.1. The van der Waals surface area contributed by atoms with Crippen LogP contribution >= 0.6 is 22.6 Å². The zero-order valence-corrected chi connectivity index (χ0v) is 10.5. The smallest absolute Gasteiger partial charge is 0.338 e. The second-order valence-corrected chi connectivity index (χ2v) is 3.88. The molecular weight excluding hydrogens is 333 g/mol. The Labute approximate surface area is 104 Å². The Hall–Kier alpha value is -0.830. The zero-order valence-electron chi connectivity index (χ0n) is 8.34. The fourth-order valence-electron chi connectivity index (χ4n) is 1.16. The molecule has 0 spiro atoms. The van der Waals surface area contributed by atoms with Crippen LogP contribution in [-0.2, 0) is 11.3 Å². The monoisotopic (exact) mass is 342 g/mol. The molecule has 88 valence electrons. The van der Waals surface area contributed by atoms with E-state index in [4.69, 9.17) is 5.73 Å². The van der Waals surface area contributed by atoms with Crippen molar-refractivity contribution < 1.29 is 18.3 Å². The molecule has 0 aliphatic rings. The minimum absolute atomic E-state index is 0.0409. The zero-order chi connectivity index (χ0) is 12.3. The molecule has 0 amide bonds. The summed E-state index contributed by atoms with van der Waals surface area (Å²) in [5.74, 6) is -0.692. The first kappa shape index (κ1) is 13.2. The van der Waals surface area contributed by atoms with Gasteiger partial charge >= 0.3 is 5.97 Å². The first-order chi connectivity index (χ1) is 7.51. The molecule has 2 N–H and O–H groups in total. The van der Waals surface area contributed by atoms with Crippen LogP contribution in [0.25, 0.3) is 0 Å². The van der Waals surface area contributed by atoms with Crippen molar-refractivity contribution in [3.05, 3.63) is 26.6 Å². The number of alkyl halides is 2. The van der Waals surface area contributed by atoms with Gasteiger partial charge in [0.1, 0.15) is 9.39 Å². The topological polar surface area (TPSA) is 65.2 Å². The molecule has 1 rings (SSSR count). The van der Waals surface area contributed by atoms with Crippen LogP contribution in [0.15, 0.2) is 6.07 Å². The number of pyridine rings is 1. The van der Waals surface area contributed by atoms with Gasteiger partial charge in [-0.25, -0.2) is 18.6 Å². The van der Waals surface area contributed by atoms with Crippen LogP contribution in [0, 0.1) is 3.70 Å². The Balaban J connectivity index is 3.36. The Morgan fingerprint density at radius 3 is 2.75 bits per heavy atom. The summed E-state index contributed by atoms with van der Waals surface area (Å²) in [5, 5.41) is 0. The lowest BCUT2D eigenvalue weighted by molar-refractivity contribution is 0.0598.